The number of nitrogens with one attached hydrogen (secondary N) is 2. The number of phenolic OH excluding ortho intramolecular Hbond substituents is 1. The molecule has 0 bridgehead atoms. The molecule has 1 aliphatic heterocycles. The van der Waals surface area contributed by atoms with E-state index in [-0.39, 0.29) is 17.7 Å². The standard InChI is InChI=1S/C29H42N2O9/c1-5-7-8-9-10-11-14-21-26(40-23(33)13-6-2)19(4)39-29(37)24(18(3)38-28(21)36)31-27(35)20-15-12-16-22(25(20)34)30-17-32/h12,15-19,21,24,26,34H,5-11,13-14H2,1-4H3,(H,30,32)(H,31,35). The fourth-order valence-electron chi connectivity index (χ4n) is 4.64. The molecule has 11 nitrogen and oxygen atoms in total. The van der Waals surface area contributed by atoms with Crippen LogP contribution in [0.4, 0.5) is 5.69 Å². The first-order chi connectivity index (χ1) is 19.1. The van der Waals surface area contributed by atoms with Gasteiger partial charge in [0.2, 0.25) is 6.41 Å². The summed E-state index contributed by atoms with van der Waals surface area (Å²) in [5.74, 6) is -4.25. The number of ether oxygens (including phenoxy) is 3. The molecule has 0 aliphatic carbocycles. The number of rotatable bonds is 14. The quantitative estimate of drug-likeness (QED) is 0.100. The van der Waals surface area contributed by atoms with Gasteiger partial charge in [-0.3, -0.25) is 19.2 Å². The minimum Gasteiger partial charge on any atom is -0.505 e. The highest BCUT2D eigenvalue weighted by Crippen LogP contribution is 2.29. The largest absolute Gasteiger partial charge is 0.505 e. The molecule has 0 radical (unpaired) electrons. The Labute approximate surface area is 235 Å². The van der Waals surface area contributed by atoms with E-state index < -0.39 is 59.8 Å². The van der Waals surface area contributed by atoms with E-state index in [4.69, 9.17) is 14.2 Å². The molecule has 1 saturated heterocycles. The predicted octanol–water partition coefficient (Wildman–Crippen LogP) is 4.01. The number of cyclic esters (lactones) is 2. The summed E-state index contributed by atoms with van der Waals surface area (Å²) in [4.78, 5) is 62.8. The Morgan fingerprint density at radius 3 is 2.33 bits per heavy atom. The van der Waals surface area contributed by atoms with Crippen molar-refractivity contribution in [1.82, 2.24) is 5.32 Å². The third kappa shape index (κ3) is 9.24. The highest BCUT2D eigenvalue weighted by atomic mass is 16.6. The Morgan fingerprint density at radius 2 is 1.65 bits per heavy atom. The van der Waals surface area contributed by atoms with E-state index in [0.29, 0.717) is 25.7 Å². The minimum absolute atomic E-state index is 0.00191. The second kappa shape index (κ2) is 16.5. The normalized spacial score (nSPS) is 23.1. The Hall–Kier alpha value is -3.63. The molecule has 0 saturated carbocycles. The maximum atomic E-state index is 13.4. The van der Waals surface area contributed by atoms with E-state index in [1.807, 2.05) is 6.92 Å². The van der Waals surface area contributed by atoms with Crippen LogP contribution in [-0.4, -0.2) is 59.7 Å². The number of para-hydroxylation sites is 1. The van der Waals surface area contributed by atoms with Crippen LogP contribution in [0.2, 0.25) is 0 Å². The number of anilines is 1. The van der Waals surface area contributed by atoms with Crippen molar-refractivity contribution >= 4 is 35.9 Å². The number of aromatic hydroxyl groups is 1. The molecule has 5 atom stereocenters. The van der Waals surface area contributed by atoms with Crippen LogP contribution in [0.5, 0.6) is 5.75 Å². The van der Waals surface area contributed by atoms with Crippen LogP contribution in [-0.2, 0) is 33.4 Å². The minimum atomic E-state index is -1.42. The summed E-state index contributed by atoms with van der Waals surface area (Å²) in [5, 5.41) is 15.1. The molecule has 1 fully saturated rings. The van der Waals surface area contributed by atoms with Crippen LogP contribution < -0.4 is 10.6 Å². The molecule has 1 aromatic carbocycles. The number of amides is 2. The van der Waals surface area contributed by atoms with Crippen molar-refractivity contribution in [1.29, 1.82) is 0 Å². The lowest BCUT2D eigenvalue weighted by atomic mass is 9.91. The first-order valence-electron chi connectivity index (χ1n) is 14.1. The topological polar surface area (TPSA) is 157 Å². The van der Waals surface area contributed by atoms with Gasteiger partial charge in [-0.2, -0.15) is 0 Å². The molecule has 5 unspecified atom stereocenters. The number of benzene rings is 1. The van der Waals surface area contributed by atoms with Crippen LogP contribution in [0, 0.1) is 5.92 Å². The molecule has 40 heavy (non-hydrogen) atoms. The Bertz CT molecular complexity index is 1030. The Balaban J connectivity index is 2.28. The summed E-state index contributed by atoms with van der Waals surface area (Å²) < 4.78 is 16.9. The first-order valence-corrected chi connectivity index (χ1v) is 14.1. The predicted molar refractivity (Wildman–Crippen MR) is 146 cm³/mol. The molecule has 3 N–H and O–H groups in total. The smallest absolute Gasteiger partial charge is 0.332 e. The molecular formula is C29H42N2O9. The molecular weight excluding hydrogens is 520 g/mol. The van der Waals surface area contributed by atoms with Gasteiger partial charge in [0, 0.05) is 6.42 Å². The number of hydrogen-bond donors (Lipinski definition) is 3. The highest BCUT2D eigenvalue weighted by molar-refractivity contribution is 6.01. The molecule has 11 heteroatoms. The van der Waals surface area contributed by atoms with Crippen molar-refractivity contribution in [2.45, 2.75) is 110 Å². The summed E-state index contributed by atoms with van der Waals surface area (Å²) in [6.45, 7) is 6.95. The van der Waals surface area contributed by atoms with E-state index in [0.717, 1.165) is 32.1 Å². The van der Waals surface area contributed by atoms with Crippen molar-refractivity contribution in [3.8, 4) is 5.75 Å². The summed E-state index contributed by atoms with van der Waals surface area (Å²) in [6, 6.07) is 2.72. The van der Waals surface area contributed by atoms with E-state index in [1.165, 1.54) is 25.1 Å². The van der Waals surface area contributed by atoms with Crippen LogP contribution in [0.15, 0.2) is 18.2 Å². The van der Waals surface area contributed by atoms with Crippen LogP contribution in [0.25, 0.3) is 0 Å². The maximum Gasteiger partial charge on any atom is 0.332 e. The molecule has 0 spiro atoms. The zero-order valence-electron chi connectivity index (χ0n) is 23.8. The van der Waals surface area contributed by atoms with Gasteiger partial charge in [0.25, 0.3) is 5.91 Å². The lowest BCUT2D eigenvalue weighted by molar-refractivity contribution is -0.175. The van der Waals surface area contributed by atoms with E-state index in [9.17, 15) is 29.1 Å². The van der Waals surface area contributed by atoms with Gasteiger partial charge in [-0.1, -0.05) is 58.4 Å². The third-order valence-electron chi connectivity index (χ3n) is 6.86. The summed E-state index contributed by atoms with van der Waals surface area (Å²) in [5.41, 5.74) is -0.208. The van der Waals surface area contributed by atoms with Gasteiger partial charge in [-0.15, -0.1) is 0 Å². The van der Waals surface area contributed by atoms with E-state index >= 15 is 0 Å². The SMILES string of the molecule is CCCCCCCCC1C(=O)OC(C)C(NC(=O)c2cccc(NC=O)c2O)C(=O)OC(C)C1OC(=O)CCC. The zero-order chi connectivity index (χ0) is 29.7. The second-order valence-corrected chi connectivity index (χ2v) is 10.1. The second-order valence-electron chi connectivity index (χ2n) is 10.1. The van der Waals surface area contributed by atoms with Gasteiger partial charge >= 0.3 is 17.9 Å². The maximum absolute atomic E-state index is 13.4. The zero-order valence-corrected chi connectivity index (χ0v) is 23.8. The summed E-state index contributed by atoms with van der Waals surface area (Å²) in [6.07, 6.45) is 4.19. The average molecular weight is 563 g/mol. The fourth-order valence-corrected chi connectivity index (χ4v) is 4.64. The molecule has 1 heterocycles. The lowest BCUT2D eigenvalue weighted by Gasteiger charge is -2.29. The van der Waals surface area contributed by atoms with Crippen molar-refractivity contribution in [3.63, 3.8) is 0 Å². The van der Waals surface area contributed by atoms with Gasteiger partial charge < -0.3 is 30.0 Å². The van der Waals surface area contributed by atoms with Gasteiger partial charge in [-0.05, 0) is 38.8 Å². The first kappa shape index (κ1) is 32.6. The number of esters is 3. The fraction of sp³-hybridized carbons (Fsp3) is 0.621. The highest BCUT2D eigenvalue weighted by Gasteiger charge is 2.43. The lowest BCUT2D eigenvalue weighted by Crippen LogP contribution is -2.50. The molecule has 2 rings (SSSR count). The number of carbonyl (C=O) groups excluding carboxylic acids is 5. The number of hydrogen-bond acceptors (Lipinski definition) is 9. The molecule has 1 aromatic rings. The number of carbonyl (C=O) groups is 5. The Morgan fingerprint density at radius 1 is 0.975 bits per heavy atom. The van der Waals surface area contributed by atoms with Gasteiger partial charge in [-0.25, -0.2) is 4.79 Å². The summed E-state index contributed by atoms with van der Waals surface area (Å²) >= 11 is 0. The molecule has 222 valence electrons. The Kier molecular flexibility index (Phi) is 13.4. The van der Waals surface area contributed by atoms with Crippen molar-refractivity contribution in [2.75, 3.05) is 5.32 Å². The van der Waals surface area contributed by atoms with E-state index in [2.05, 4.69) is 17.6 Å². The molecule has 1 aliphatic rings. The van der Waals surface area contributed by atoms with Crippen LogP contribution in [0.1, 0.15) is 95.8 Å². The monoisotopic (exact) mass is 562 g/mol. The van der Waals surface area contributed by atoms with Gasteiger partial charge in [0.05, 0.1) is 17.2 Å². The van der Waals surface area contributed by atoms with Gasteiger partial charge in [0.1, 0.15) is 12.2 Å². The van der Waals surface area contributed by atoms with Crippen molar-refractivity contribution in [2.24, 2.45) is 5.92 Å². The average Bonchev–Trinajstić information content (AvgIpc) is 2.93. The van der Waals surface area contributed by atoms with Crippen molar-refractivity contribution < 1.29 is 43.3 Å². The van der Waals surface area contributed by atoms with Gasteiger partial charge in [0.15, 0.2) is 17.9 Å². The van der Waals surface area contributed by atoms with E-state index in [1.54, 1.807) is 6.92 Å². The van der Waals surface area contributed by atoms with Crippen LogP contribution >= 0.6 is 0 Å². The number of phenols is 1. The number of unbranched alkanes of at least 4 members (excludes halogenated alkanes) is 5. The molecule has 0 aromatic heterocycles. The molecule has 2 amide bonds. The van der Waals surface area contributed by atoms with Crippen LogP contribution in [0.3, 0.4) is 0 Å². The van der Waals surface area contributed by atoms with Crippen molar-refractivity contribution in [3.05, 3.63) is 23.8 Å². The third-order valence-corrected chi connectivity index (χ3v) is 6.86. The summed E-state index contributed by atoms with van der Waals surface area (Å²) in [7, 11) is 0.